The fraction of sp³-hybridized carbons (Fsp3) is 0.407. The Morgan fingerprint density at radius 2 is 1.72 bits per heavy atom. The molecule has 0 spiro atoms. The number of aromatic nitrogens is 2. The lowest BCUT2D eigenvalue weighted by atomic mass is 9.90. The summed E-state index contributed by atoms with van der Waals surface area (Å²) in [5, 5.41) is 8.15. The maximum absolute atomic E-state index is 13.1. The molecule has 0 N–H and O–H groups in total. The van der Waals surface area contributed by atoms with Crippen LogP contribution in [-0.2, 0) is 19.0 Å². The highest BCUT2D eigenvalue weighted by atomic mass is 19.4. The third-order valence-electron chi connectivity index (χ3n) is 5.17. The predicted molar refractivity (Wildman–Crippen MR) is 126 cm³/mol. The van der Waals surface area contributed by atoms with Crippen molar-refractivity contribution >= 4 is 0 Å². The van der Waals surface area contributed by atoms with Gasteiger partial charge in [-0.05, 0) is 49.3 Å². The fourth-order valence-corrected chi connectivity index (χ4v) is 3.61. The zero-order valence-electron chi connectivity index (χ0n) is 19.4. The second kappa shape index (κ2) is 11.8. The average Bonchev–Trinajstić information content (AvgIpc) is 3.06. The van der Waals surface area contributed by atoms with Crippen molar-refractivity contribution in [3.8, 4) is 11.3 Å². The molecule has 2 nitrogen and oxygen atoms in total. The van der Waals surface area contributed by atoms with E-state index in [9.17, 15) is 13.2 Å². The maximum Gasteiger partial charge on any atom is 0.417 e. The Morgan fingerprint density at radius 1 is 1.00 bits per heavy atom. The van der Waals surface area contributed by atoms with Gasteiger partial charge in [0.15, 0.2) is 0 Å². The zero-order valence-corrected chi connectivity index (χ0v) is 19.4. The first-order valence-corrected chi connectivity index (χ1v) is 11.1. The number of allylic oxidation sites excluding steroid dienone is 6. The summed E-state index contributed by atoms with van der Waals surface area (Å²) in [4.78, 5) is 0. The van der Waals surface area contributed by atoms with Crippen LogP contribution in [-0.4, -0.2) is 10.2 Å². The van der Waals surface area contributed by atoms with E-state index in [1.807, 2.05) is 25.2 Å². The van der Waals surface area contributed by atoms with Gasteiger partial charge in [0.2, 0.25) is 0 Å². The van der Waals surface area contributed by atoms with Crippen molar-refractivity contribution in [3.63, 3.8) is 0 Å². The molecule has 0 radical (unpaired) electrons. The summed E-state index contributed by atoms with van der Waals surface area (Å²) in [5.41, 5.74) is 1.70. The first-order chi connectivity index (χ1) is 15.2. The molecule has 1 heterocycles. The molecule has 1 aliphatic rings. The van der Waals surface area contributed by atoms with Crippen molar-refractivity contribution in [1.82, 2.24) is 10.2 Å². The van der Waals surface area contributed by atoms with Gasteiger partial charge in [-0.1, -0.05) is 88.3 Å². The zero-order chi connectivity index (χ0) is 23.6. The van der Waals surface area contributed by atoms with E-state index < -0.39 is 11.7 Å². The average molecular weight is 443 g/mol. The molecule has 0 amide bonds. The molecule has 0 unspecified atom stereocenters. The summed E-state index contributed by atoms with van der Waals surface area (Å²) >= 11 is 0. The SMILES string of the molecule is CC1(C)Cc2cc(-c3ccccc3C(F)(F)F)nnc2C1.CC=CC=CC=CCCCC. The van der Waals surface area contributed by atoms with Crippen LogP contribution < -0.4 is 0 Å². The molecular formula is C27H33F3N2. The quantitative estimate of drug-likeness (QED) is 0.333. The van der Waals surface area contributed by atoms with Gasteiger partial charge >= 0.3 is 6.18 Å². The van der Waals surface area contributed by atoms with Gasteiger partial charge < -0.3 is 0 Å². The fourth-order valence-electron chi connectivity index (χ4n) is 3.61. The molecule has 0 bridgehead atoms. The van der Waals surface area contributed by atoms with Crippen LogP contribution in [0.5, 0.6) is 0 Å². The lowest BCUT2D eigenvalue weighted by molar-refractivity contribution is -0.137. The van der Waals surface area contributed by atoms with E-state index in [-0.39, 0.29) is 11.0 Å². The van der Waals surface area contributed by atoms with Crippen LogP contribution in [0.15, 0.2) is 66.8 Å². The molecular weight excluding hydrogens is 409 g/mol. The van der Waals surface area contributed by atoms with Crippen LogP contribution in [0.1, 0.15) is 63.8 Å². The molecule has 32 heavy (non-hydrogen) atoms. The summed E-state index contributed by atoms with van der Waals surface area (Å²) in [6.45, 7) is 8.48. The summed E-state index contributed by atoms with van der Waals surface area (Å²) in [7, 11) is 0. The van der Waals surface area contributed by atoms with Gasteiger partial charge in [-0.3, -0.25) is 0 Å². The number of benzene rings is 1. The summed E-state index contributed by atoms with van der Waals surface area (Å²) in [6, 6.07) is 7.24. The van der Waals surface area contributed by atoms with Crippen molar-refractivity contribution in [2.75, 3.05) is 0 Å². The highest BCUT2D eigenvalue weighted by Gasteiger charge is 2.35. The Labute approximate surface area is 190 Å². The molecule has 0 saturated heterocycles. The monoisotopic (exact) mass is 442 g/mol. The van der Waals surface area contributed by atoms with Crippen LogP contribution in [0.25, 0.3) is 11.3 Å². The van der Waals surface area contributed by atoms with Crippen molar-refractivity contribution in [1.29, 1.82) is 0 Å². The lowest BCUT2D eigenvalue weighted by Crippen LogP contribution is -2.09. The topological polar surface area (TPSA) is 25.8 Å². The van der Waals surface area contributed by atoms with Crippen LogP contribution in [0.4, 0.5) is 13.2 Å². The Bertz CT molecular complexity index is 954. The summed E-state index contributed by atoms with van der Waals surface area (Å²) in [5.74, 6) is 0. The maximum atomic E-state index is 13.1. The van der Waals surface area contributed by atoms with Crippen molar-refractivity contribution in [2.24, 2.45) is 5.41 Å². The van der Waals surface area contributed by atoms with Gasteiger partial charge in [0, 0.05) is 5.56 Å². The molecule has 1 aliphatic carbocycles. The molecule has 2 aromatic rings. The Kier molecular flexibility index (Phi) is 9.42. The van der Waals surface area contributed by atoms with E-state index >= 15 is 0 Å². The number of unbranched alkanes of at least 4 members (excludes halogenated alkanes) is 2. The van der Waals surface area contributed by atoms with Gasteiger partial charge in [-0.2, -0.15) is 23.4 Å². The lowest BCUT2D eigenvalue weighted by Gasteiger charge is -2.14. The van der Waals surface area contributed by atoms with E-state index in [4.69, 9.17) is 0 Å². The minimum Gasteiger partial charge on any atom is -0.166 e. The van der Waals surface area contributed by atoms with E-state index in [2.05, 4.69) is 49.2 Å². The highest BCUT2D eigenvalue weighted by Crippen LogP contribution is 2.39. The van der Waals surface area contributed by atoms with E-state index in [1.165, 1.54) is 31.4 Å². The molecule has 0 aliphatic heterocycles. The normalized spacial score (nSPS) is 15.3. The van der Waals surface area contributed by atoms with Crippen molar-refractivity contribution in [2.45, 2.75) is 66.0 Å². The number of halogens is 3. The van der Waals surface area contributed by atoms with Gasteiger partial charge in [-0.25, -0.2) is 0 Å². The molecule has 3 rings (SSSR count). The van der Waals surface area contributed by atoms with Crippen LogP contribution in [0, 0.1) is 5.41 Å². The minimum absolute atomic E-state index is 0.0880. The predicted octanol–water partition coefficient (Wildman–Crippen LogP) is 8.15. The van der Waals surface area contributed by atoms with E-state index in [0.717, 1.165) is 30.2 Å². The number of nitrogens with zero attached hydrogens (tertiary/aromatic N) is 2. The number of rotatable bonds is 6. The molecule has 5 heteroatoms. The molecule has 0 atom stereocenters. The first-order valence-electron chi connectivity index (χ1n) is 11.1. The Balaban J connectivity index is 0.000000282. The molecule has 0 saturated carbocycles. The standard InChI is InChI=1S/C16H15F3N2.C11H18/c1-15(2)8-10-7-13(20-21-14(10)9-15)11-5-3-4-6-12(11)16(17,18)19;1-3-5-7-9-11-10-8-6-4-2/h3-7H,8-9H2,1-2H3;3,5,7,9-11H,4,6,8H2,1-2H3. The highest BCUT2D eigenvalue weighted by molar-refractivity contribution is 5.65. The Morgan fingerprint density at radius 3 is 2.41 bits per heavy atom. The van der Waals surface area contributed by atoms with Crippen LogP contribution in [0.3, 0.4) is 0 Å². The molecule has 0 fully saturated rings. The number of hydrogen-bond acceptors (Lipinski definition) is 2. The van der Waals surface area contributed by atoms with Crippen molar-refractivity contribution < 1.29 is 13.2 Å². The van der Waals surface area contributed by atoms with Crippen LogP contribution >= 0.6 is 0 Å². The van der Waals surface area contributed by atoms with Gasteiger partial charge in [0.05, 0.1) is 17.0 Å². The molecule has 1 aromatic heterocycles. The van der Waals surface area contributed by atoms with Gasteiger partial charge in [-0.15, -0.1) is 0 Å². The summed E-state index contributed by atoms with van der Waals surface area (Å²) in [6.07, 6.45) is 13.5. The second-order valence-corrected chi connectivity index (χ2v) is 8.74. The largest absolute Gasteiger partial charge is 0.417 e. The van der Waals surface area contributed by atoms with Gasteiger partial charge in [0.1, 0.15) is 0 Å². The number of hydrogen-bond donors (Lipinski definition) is 0. The first kappa shape index (κ1) is 25.6. The smallest absolute Gasteiger partial charge is 0.166 e. The van der Waals surface area contributed by atoms with Gasteiger partial charge in [0.25, 0.3) is 0 Å². The molecule has 172 valence electrons. The number of alkyl halides is 3. The third kappa shape index (κ3) is 7.77. The third-order valence-corrected chi connectivity index (χ3v) is 5.17. The van der Waals surface area contributed by atoms with Crippen molar-refractivity contribution in [3.05, 3.63) is 83.6 Å². The minimum atomic E-state index is -4.39. The van der Waals surface area contributed by atoms with E-state index in [1.54, 1.807) is 12.1 Å². The van der Waals surface area contributed by atoms with Crippen LogP contribution in [0.2, 0.25) is 0 Å². The summed E-state index contributed by atoms with van der Waals surface area (Å²) < 4.78 is 39.2. The Hall–Kier alpha value is -2.69. The second-order valence-electron chi connectivity index (χ2n) is 8.74. The number of fused-ring (bicyclic) bond motifs is 1. The molecule has 1 aromatic carbocycles. The van der Waals surface area contributed by atoms with E-state index in [0.29, 0.717) is 5.69 Å².